The molecule has 3 heterocycles. The number of carbonyl (C=O) groups is 3. The summed E-state index contributed by atoms with van der Waals surface area (Å²) in [6.07, 6.45) is 4.13. The number of fused-ring (bicyclic) bond motifs is 1. The van der Waals surface area contributed by atoms with Crippen LogP contribution in [0.25, 0.3) is 0 Å². The van der Waals surface area contributed by atoms with Crippen molar-refractivity contribution in [3.05, 3.63) is 57.3 Å². The zero-order chi connectivity index (χ0) is 21.1. The first-order valence-electron chi connectivity index (χ1n) is 10.8. The molecule has 1 saturated heterocycles. The van der Waals surface area contributed by atoms with E-state index in [1.807, 2.05) is 6.92 Å². The molecular weight excluding hydrogens is 398 g/mol. The molecule has 0 spiro atoms. The third-order valence-corrected chi connectivity index (χ3v) is 7.05. The summed E-state index contributed by atoms with van der Waals surface area (Å²) in [5.41, 5.74) is 1.16. The Labute approximate surface area is 180 Å². The summed E-state index contributed by atoms with van der Waals surface area (Å²) in [4.78, 5) is 42.1. The molecular formula is C23H28N3O3S+. The monoisotopic (exact) mass is 426 g/mol. The van der Waals surface area contributed by atoms with Gasteiger partial charge < -0.3 is 10.2 Å². The molecule has 0 saturated carbocycles. The summed E-state index contributed by atoms with van der Waals surface area (Å²) in [6, 6.07) is 9.26. The van der Waals surface area contributed by atoms with Crippen molar-refractivity contribution >= 4 is 29.1 Å². The second-order valence-corrected chi connectivity index (χ2v) is 9.00. The van der Waals surface area contributed by atoms with Gasteiger partial charge in [0.25, 0.3) is 17.7 Å². The van der Waals surface area contributed by atoms with E-state index in [2.05, 4.69) is 22.8 Å². The molecule has 0 bridgehead atoms. The number of imide groups is 1. The van der Waals surface area contributed by atoms with Crippen LogP contribution in [0.15, 0.2) is 35.7 Å². The van der Waals surface area contributed by atoms with Crippen molar-refractivity contribution in [2.24, 2.45) is 0 Å². The van der Waals surface area contributed by atoms with Gasteiger partial charge in [-0.1, -0.05) is 19.4 Å². The van der Waals surface area contributed by atoms with Crippen LogP contribution in [0.2, 0.25) is 0 Å². The number of quaternary nitrogens is 1. The van der Waals surface area contributed by atoms with Crippen molar-refractivity contribution in [3.63, 3.8) is 0 Å². The Morgan fingerprint density at radius 3 is 2.63 bits per heavy atom. The van der Waals surface area contributed by atoms with E-state index in [4.69, 9.17) is 0 Å². The number of thiophene rings is 1. The van der Waals surface area contributed by atoms with Crippen LogP contribution in [-0.2, 0) is 0 Å². The van der Waals surface area contributed by atoms with Crippen LogP contribution in [0.3, 0.4) is 0 Å². The molecule has 3 amide bonds. The number of hydrogen-bond acceptors (Lipinski definition) is 4. The highest BCUT2D eigenvalue weighted by Gasteiger charge is 2.35. The molecule has 1 aromatic heterocycles. The summed E-state index contributed by atoms with van der Waals surface area (Å²) in [5.74, 6) is -0.757. The molecule has 1 atom stereocenters. The van der Waals surface area contributed by atoms with Crippen LogP contribution in [-0.4, -0.2) is 48.8 Å². The molecule has 1 aromatic carbocycles. The van der Waals surface area contributed by atoms with Crippen LogP contribution in [0.5, 0.6) is 0 Å². The molecule has 0 aliphatic carbocycles. The SMILES string of the molecule is CCCCN1C(=O)c2ccc(C(=O)NC[C@@H](c3cccs3)[NH+]3CCCC3)cc2C1=O. The van der Waals surface area contributed by atoms with Crippen molar-refractivity contribution in [3.8, 4) is 0 Å². The first-order valence-corrected chi connectivity index (χ1v) is 11.6. The van der Waals surface area contributed by atoms with Crippen LogP contribution < -0.4 is 10.2 Å². The molecule has 7 heteroatoms. The number of nitrogens with one attached hydrogen (secondary N) is 2. The fourth-order valence-corrected chi connectivity index (χ4v) is 5.25. The molecule has 2 N–H and O–H groups in total. The number of benzene rings is 1. The van der Waals surface area contributed by atoms with Gasteiger partial charge in [0.15, 0.2) is 0 Å². The Morgan fingerprint density at radius 2 is 1.93 bits per heavy atom. The molecule has 0 radical (unpaired) electrons. The molecule has 4 rings (SSSR count). The summed E-state index contributed by atoms with van der Waals surface area (Å²) >= 11 is 1.73. The second kappa shape index (κ2) is 9.10. The quantitative estimate of drug-likeness (QED) is 0.637. The van der Waals surface area contributed by atoms with Crippen molar-refractivity contribution < 1.29 is 19.3 Å². The fourth-order valence-electron chi connectivity index (χ4n) is 4.36. The van der Waals surface area contributed by atoms with E-state index in [-0.39, 0.29) is 23.8 Å². The minimum Gasteiger partial charge on any atom is -0.346 e. The van der Waals surface area contributed by atoms with Crippen molar-refractivity contribution in [2.45, 2.75) is 38.6 Å². The van der Waals surface area contributed by atoms with Gasteiger partial charge in [-0.2, -0.15) is 0 Å². The predicted octanol–water partition coefficient (Wildman–Crippen LogP) is 2.29. The minimum absolute atomic E-state index is 0.204. The van der Waals surface area contributed by atoms with Gasteiger partial charge >= 0.3 is 0 Å². The van der Waals surface area contributed by atoms with E-state index in [9.17, 15) is 14.4 Å². The molecule has 2 aliphatic heterocycles. The van der Waals surface area contributed by atoms with Gasteiger partial charge in [-0.3, -0.25) is 19.3 Å². The molecule has 158 valence electrons. The van der Waals surface area contributed by atoms with E-state index in [0.717, 1.165) is 25.9 Å². The molecule has 30 heavy (non-hydrogen) atoms. The van der Waals surface area contributed by atoms with E-state index >= 15 is 0 Å². The van der Waals surface area contributed by atoms with E-state index < -0.39 is 0 Å². The number of amides is 3. The van der Waals surface area contributed by atoms with Gasteiger partial charge in [0.05, 0.1) is 35.6 Å². The van der Waals surface area contributed by atoms with Crippen LogP contribution in [0.1, 0.15) is 74.6 Å². The number of carbonyl (C=O) groups excluding carboxylic acids is 3. The number of rotatable bonds is 8. The number of likely N-dealkylation sites (tertiary alicyclic amines) is 1. The second-order valence-electron chi connectivity index (χ2n) is 8.02. The first-order chi connectivity index (χ1) is 14.6. The Kier molecular flexibility index (Phi) is 6.29. The van der Waals surface area contributed by atoms with E-state index in [0.29, 0.717) is 29.8 Å². The average molecular weight is 427 g/mol. The fraction of sp³-hybridized carbons (Fsp3) is 0.435. The predicted molar refractivity (Wildman–Crippen MR) is 116 cm³/mol. The lowest BCUT2D eigenvalue weighted by Crippen LogP contribution is -3.11. The lowest BCUT2D eigenvalue weighted by molar-refractivity contribution is -0.918. The highest BCUT2D eigenvalue weighted by atomic mass is 32.1. The largest absolute Gasteiger partial charge is 0.346 e. The Balaban J connectivity index is 1.46. The maximum Gasteiger partial charge on any atom is 0.261 e. The third-order valence-electron chi connectivity index (χ3n) is 6.06. The normalized spacial score (nSPS) is 17.4. The lowest BCUT2D eigenvalue weighted by atomic mass is 10.1. The molecule has 1 fully saturated rings. The molecule has 2 aromatic rings. The van der Waals surface area contributed by atoms with Gasteiger partial charge in [-0.15, -0.1) is 11.3 Å². The van der Waals surface area contributed by atoms with E-state index in [1.54, 1.807) is 29.5 Å². The standard InChI is InChI=1S/C23H27N3O3S/c1-2-3-12-26-22(28)17-9-8-16(14-18(17)23(26)29)21(27)24-15-19(20-7-6-13-30-20)25-10-4-5-11-25/h6-9,13-14,19H,2-5,10-12,15H2,1H3,(H,24,27)/p+1/t19-/m0/s1. The average Bonchev–Trinajstić information content (AvgIpc) is 3.51. The molecule has 2 aliphatic rings. The Morgan fingerprint density at radius 1 is 1.17 bits per heavy atom. The molecule has 6 nitrogen and oxygen atoms in total. The maximum absolute atomic E-state index is 12.8. The maximum atomic E-state index is 12.8. The minimum atomic E-state index is -0.295. The summed E-state index contributed by atoms with van der Waals surface area (Å²) < 4.78 is 0. The lowest BCUT2D eigenvalue weighted by Gasteiger charge is -2.24. The highest BCUT2D eigenvalue weighted by molar-refractivity contribution is 7.10. The summed E-state index contributed by atoms with van der Waals surface area (Å²) in [5, 5.41) is 5.14. The van der Waals surface area contributed by atoms with Crippen LogP contribution in [0.4, 0.5) is 0 Å². The van der Waals surface area contributed by atoms with Crippen molar-refractivity contribution in [2.75, 3.05) is 26.2 Å². The number of hydrogen-bond donors (Lipinski definition) is 2. The summed E-state index contributed by atoms with van der Waals surface area (Å²) in [6.45, 7) is 5.25. The highest BCUT2D eigenvalue weighted by Crippen LogP contribution is 2.24. The first kappa shape index (κ1) is 20.8. The third kappa shape index (κ3) is 4.04. The number of unbranched alkanes of at least 4 members (excludes halogenated alkanes) is 1. The molecule has 0 unspecified atom stereocenters. The van der Waals surface area contributed by atoms with E-state index in [1.165, 1.54) is 27.5 Å². The van der Waals surface area contributed by atoms with Crippen molar-refractivity contribution in [1.29, 1.82) is 0 Å². The Bertz CT molecular complexity index is 935. The summed E-state index contributed by atoms with van der Waals surface area (Å²) in [7, 11) is 0. The van der Waals surface area contributed by atoms with Gasteiger partial charge in [0.2, 0.25) is 0 Å². The number of nitrogens with zero attached hydrogens (tertiary/aromatic N) is 1. The van der Waals surface area contributed by atoms with Crippen LogP contribution in [0, 0.1) is 0 Å². The zero-order valence-electron chi connectivity index (χ0n) is 17.3. The smallest absolute Gasteiger partial charge is 0.261 e. The van der Waals surface area contributed by atoms with Gasteiger partial charge in [-0.25, -0.2) is 0 Å². The topological polar surface area (TPSA) is 70.9 Å². The van der Waals surface area contributed by atoms with Gasteiger partial charge in [0, 0.05) is 24.9 Å². The van der Waals surface area contributed by atoms with Gasteiger partial charge in [-0.05, 0) is 36.1 Å². The van der Waals surface area contributed by atoms with Crippen molar-refractivity contribution in [1.82, 2.24) is 10.2 Å². The Hall–Kier alpha value is -2.51. The zero-order valence-corrected chi connectivity index (χ0v) is 18.1. The van der Waals surface area contributed by atoms with Gasteiger partial charge in [0.1, 0.15) is 6.04 Å². The van der Waals surface area contributed by atoms with Crippen LogP contribution >= 0.6 is 11.3 Å².